The van der Waals surface area contributed by atoms with Crippen LogP contribution >= 0.6 is 0 Å². The fourth-order valence-corrected chi connectivity index (χ4v) is 2.13. The summed E-state index contributed by atoms with van der Waals surface area (Å²) in [5, 5.41) is 0. The van der Waals surface area contributed by atoms with Gasteiger partial charge in [-0.2, -0.15) is 0 Å². The van der Waals surface area contributed by atoms with Crippen LogP contribution in [0.25, 0.3) is 0 Å². The van der Waals surface area contributed by atoms with E-state index in [1.807, 2.05) is 0 Å². The van der Waals surface area contributed by atoms with Crippen LogP contribution in [0, 0.1) is 0 Å². The van der Waals surface area contributed by atoms with Gasteiger partial charge in [-0.05, 0) is 72.8 Å². The summed E-state index contributed by atoms with van der Waals surface area (Å²) in [6.07, 6.45) is 5.02. The van der Waals surface area contributed by atoms with Gasteiger partial charge < -0.3 is 15.5 Å². The largest absolute Gasteiger partial charge is 0.328 e. The maximum absolute atomic E-state index is 5.89. The first-order valence-corrected chi connectivity index (χ1v) is 6.77. The summed E-state index contributed by atoms with van der Waals surface area (Å²) in [5.41, 5.74) is 5.89. The maximum atomic E-state index is 5.89. The van der Waals surface area contributed by atoms with E-state index < -0.39 is 0 Å². The number of unbranched alkanes of at least 4 members (excludes halogenated alkanes) is 1. The third kappa shape index (κ3) is 5.28. The molecule has 1 aliphatic heterocycles. The average molecular weight is 227 g/mol. The van der Waals surface area contributed by atoms with Crippen LogP contribution in [0.1, 0.15) is 39.5 Å². The number of piperidine rings is 1. The lowest BCUT2D eigenvalue weighted by atomic mass is 10.1. The summed E-state index contributed by atoms with van der Waals surface area (Å²) >= 11 is 0. The lowest BCUT2D eigenvalue weighted by molar-refractivity contribution is 0.202. The van der Waals surface area contributed by atoms with E-state index in [0.29, 0.717) is 12.1 Å². The molecular formula is C13H29N3. The molecule has 0 radical (unpaired) electrons. The quantitative estimate of drug-likeness (QED) is 0.699. The summed E-state index contributed by atoms with van der Waals surface area (Å²) < 4.78 is 0. The molecule has 0 spiro atoms. The van der Waals surface area contributed by atoms with Gasteiger partial charge in [0.1, 0.15) is 0 Å². The first-order chi connectivity index (χ1) is 7.59. The molecule has 3 nitrogen and oxygen atoms in total. The van der Waals surface area contributed by atoms with Crippen LogP contribution in [0.5, 0.6) is 0 Å². The van der Waals surface area contributed by atoms with Crippen LogP contribution in [0.15, 0.2) is 0 Å². The molecule has 0 saturated carbocycles. The minimum atomic E-state index is 0.461. The fraction of sp³-hybridized carbons (Fsp3) is 1.00. The zero-order valence-corrected chi connectivity index (χ0v) is 11.3. The molecule has 16 heavy (non-hydrogen) atoms. The molecule has 0 aliphatic carbocycles. The van der Waals surface area contributed by atoms with Gasteiger partial charge in [0.2, 0.25) is 0 Å². The highest BCUT2D eigenvalue weighted by atomic mass is 15.1. The molecule has 1 saturated heterocycles. The summed E-state index contributed by atoms with van der Waals surface area (Å²) in [6.45, 7) is 9.42. The van der Waals surface area contributed by atoms with Gasteiger partial charge in [-0.3, -0.25) is 0 Å². The van der Waals surface area contributed by atoms with Crippen molar-refractivity contribution in [1.82, 2.24) is 9.80 Å². The van der Waals surface area contributed by atoms with Crippen molar-refractivity contribution in [2.45, 2.75) is 51.6 Å². The highest BCUT2D eigenvalue weighted by molar-refractivity contribution is 4.73. The summed E-state index contributed by atoms with van der Waals surface area (Å²) in [4.78, 5) is 4.99. The summed E-state index contributed by atoms with van der Waals surface area (Å²) in [5.74, 6) is 0. The molecule has 1 fully saturated rings. The monoisotopic (exact) mass is 227 g/mol. The van der Waals surface area contributed by atoms with Crippen LogP contribution in [-0.2, 0) is 0 Å². The van der Waals surface area contributed by atoms with E-state index in [9.17, 15) is 0 Å². The Hall–Kier alpha value is -0.120. The number of hydrogen-bond donors (Lipinski definition) is 1. The van der Waals surface area contributed by atoms with Gasteiger partial charge in [-0.25, -0.2) is 0 Å². The first-order valence-electron chi connectivity index (χ1n) is 6.77. The minimum absolute atomic E-state index is 0.461. The SMILES string of the molecule is CC(C)N(C)CCCCN1CCC(N)CC1. The van der Waals surface area contributed by atoms with Crippen molar-refractivity contribution in [1.29, 1.82) is 0 Å². The highest BCUT2D eigenvalue weighted by Gasteiger charge is 2.15. The Labute approximate surface area is 101 Å². The third-order valence-corrected chi connectivity index (χ3v) is 3.75. The Balaban J connectivity index is 1.99. The van der Waals surface area contributed by atoms with Crippen molar-refractivity contribution < 1.29 is 0 Å². The molecule has 0 aromatic heterocycles. The van der Waals surface area contributed by atoms with Crippen molar-refractivity contribution in [2.75, 3.05) is 33.2 Å². The summed E-state index contributed by atoms with van der Waals surface area (Å²) in [6, 6.07) is 1.14. The van der Waals surface area contributed by atoms with Crippen LogP contribution in [0.4, 0.5) is 0 Å². The Morgan fingerprint density at radius 2 is 1.88 bits per heavy atom. The predicted molar refractivity (Wildman–Crippen MR) is 70.6 cm³/mol. The second kappa shape index (κ2) is 7.25. The van der Waals surface area contributed by atoms with Gasteiger partial charge in [0.25, 0.3) is 0 Å². The zero-order chi connectivity index (χ0) is 12.0. The van der Waals surface area contributed by atoms with Crippen LogP contribution in [-0.4, -0.2) is 55.1 Å². The number of nitrogens with zero attached hydrogens (tertiary/aromatic N) is 2. The standard InChI is InChI=1S/C13H29N3/c1-12(2)15(3)8-4-5-9-16-10-6-13(14)7-11-16/h12-13H,4-11,14H2,1-3H3. The summed E-state index contributed by atoms with van der Waals surface area (Å²) in [7, 11) is 2.21. The van der Waals surface area contributed by atoms with Gasteiger partial charge in [-0.15, -0.1) is 0 Å². The molecule has 3 heteroatoms. The van der Waals surface area contributed by atoms with Crippen molar-refractivity contribution in [3.05, 3.63) is 0 Å². The molecule has 2 N–H and O–H groups in total. The lowest BCUT2D eigenvalue weighted by Crippen LogP contribution is -2.40. The van der Waals surface area contributed by atoms with Gasteiger partial charge >= 0.3 is 0 Å². The molecule has 0 bridgehead atoms. The first kappa shape index (κ1) is 13.9. The highest BCUT2D eigenvalue weighted by Crippen LogP contribution is 2.09. The molecule has 0 amide bonds. The molecule has 1 aliphatic rings. The van der Waals surface area contributed by atoms with Crippen LogP contribution in [0.3, 0.4) is 0 Å². The van der Waals surface area contributed by atoms with Gasteiger partial charge in [0.15, 0.2) is 0 Å². The van der Waals surface area contributed by atoms with Gasteiger partial charge in [-0.1, -0.05) is 0 Å². The fourth-order valence-electron chi connectivity index (χ4n) is 2.13. The van der Waals surface area contributed by atoms with E-state index in [1.54, 1.807) is 0 Å². The van der Waals surface area contributed by atoms with Gasteiger partial charge in [0.05, 0.1) is 0 Å². The van der Waals surface area contributed by atoms with Crippen molar-refractivity contribution in [3.8, 4) is 0 Å². The third-order valence-electron chi connectivity index (χ3n) is 3.75. The van der Waals surface area contributed by atoms with Crippen LogP contribution in [0.2, 0.25) is 0 Å². The van der Waals surface area contributed by atoms with E-state index in [4.69, 9.17) is 5.73 Å². The number of nitrogens with two attached hydrogens (primary N) is 1. The molecule has 0 atom stereocenters. The molecule has 1 heterocycles. The van der Waals surface area contributed by atoms with E-state index in [2.05, 4.69) is 30.7 Å². The lowest BCUT2D eigenvalue weighted by Gasteiger charge is -2.30. The van der Waals surface area contributed by atoms with E-state index in [0.717, 1.165) is 0 Å². The smallest absolute Gasteiger partial charge is 0.00631 e. The second-order valence-corrected chi connectivity index (χ2v) is 5.46. The molecule has 0 unspecified atom stereocenters. The predicted octanol–water partition coefficient (Wildman–Crippen LogP) is 1.53. The average Bonchev–Trinajstić information content (AvgIpc) is 2.26. The topological polar surface area (TPSA) is 32.5 Å². The number of hydrogen-bond acceptors (Lipinski definition) is 3. The van der Waals surface area contributed by atoms with Gasteiger partial charge in [0, 0.05) is 12.1 Å². The number of likely N-dealkylation sites (tertiary alicyclic amines) is 1. The number of rotatable bonds is 6. The zero-order valence-electron chi connectivity index (χ0n) is 11.3. The Kier molecular flexibility index (Phi) is 6.32. The van der Waals surface area contributed by atoms with E-state index >= 15 is 0 Å². The maximum Gasteiger partial charge on any atom is 0.00631 e. The Morgan fingerprint density at radius 1 is 1.25 bits per heavy atom. The van der Waals surface area contributed by atoms with Crippen molar-refractivity contribution in [3.63, 3.8) is 0 Å². The van der Waals surface area contributed by atoms with Crippen molar-refractivity contribution >= 4 is 0 Å². The van der Waals surface area contributed by atoms with Crippen molar-refractivity contribution in [2.24, 2.45) is 5.73 Å². The minimum Gasteiger partial charge on any atom is -0.328 e. The van der Waals surface area contributed by atoms with Crippen LogP contribution < -0.4 is 5.73 Å². The Bertz CT molecular complexity index is 174. The van der Waals surface area contributed by atoms with E-state index in [1.165, 1.54) is 51.9 Å². The second-order valence-electron chi connectivity index (χ2n) is 5.46. The molecule has 96 valence electrons. The Morgan fingerprint density at radius 3 is 2.44 bits per heavy atom. The molecule has 1 rings (SSSR count). The molecule has 0 aromatic rings. The molecular weight excluding hydrogens is 198 g/mol. The molecule has 0 aromatic carbocycles. The van der Waals surface area contributed by atoms with E-state index in [-0.39, 0.29) is 0 Å². The normalized spacial score (nSPS) is 19.9.